The van der Waals surface area contributed by atoms with Gasteiger partial charge in [-0.1, -0.05) is 195 Å². The molecule has 0 nitrogen and oxygen atoms in total. The van der Waals surface area contributed by atoms with Gasteiger partial charge in [-0.25, -0.2) is 0 Å². The SMILES string of the molecule is CC(C)(C)c1ccc2c(c1)C(C)(C)c1cc(C(C)(C)C)cc(-c3ccc4cc5c(-c6ccccc6)c6c(c(-c7ccccc7)c5cc4c3)-c3ccc4ccc5cccc7cc-6c3c4c57)c1-2. The zero-order chi connectivity index (χ0) is 44.3. The molecule has 0 saturated carbocycles. The van der Waals surface area contributed by atoms with Gasteiger partial charge in [0.2, 0.25) is 0 Å². The van der Waals surface area contributed by atoms with E-state index in [9.17, 15) is 0 Å². The van der Waals surface area contributed by atoms with Crippen LogP contribution in [0.4, 0.5) is 0 Å². The molecule has 0 aliphatic heterocycles. The van der Waals surface area contributed by atoms with Crippen LogP contribution in [-0.4, -0.2) is 0 Å². The molecule has 0 spiro atoms. The van der Waals surface area contributed by atoms with Crippen LogP contribution in [-0.2, 0) is 16.2 Å². The summed E-state index contributed by atoms with van der Waals surface area (Å²) in [6, 6.07) is 65.7. The Kier molecular flexibility index (Phi) is 7.72. The molecule has 0 aromatic heterocycles. The third-order valence-corrected chi connectivity index (χ3v) is 15.4. The van der Waals surface area contributed by atoms with Crippen molar-refractivity contribution in [1.29, 1.82) is 0 Å². The molecule has 312 valence electrons. The molecule has 0 N–H and O–H groups in total. The fraction of sp³-hybridized carbons (Fsp3) is 0.169. The Hall–Kier alpha value is -7.02. The van der Waals surface area contributed by atoms with Crippen molar-refractivity contribution in [3.05, 3.63) is 192 Å². The maximum absolute atomic E-state index is 2.53. The van der Waals surface area contributed by atoms with Crippen LogP contribution in [0.25, 0.3) is 121 Å². The van der Waals surface area contributed by atoms with Crippen LogP contribution in [0.1, 0.15) is 77.6 Å². The highest BCUT2D eigenvalue weighted by Crippen LogP contribution is 2.60. The monoisotopic (exact) mass is 832 g/mol. The first-order valence-corrected chi connectivity index (χ1v) is 23.5. The van der Waals surface area contributed by atoms with Gasteiger partial charge in [-0.2, -0.15) is 0 Å². The van der Waals surface area contributed by atoms with Crippen molar-refractivity contribution in [2.45, 2.75) is 71.6 Å². The Morgan fingerprint density at radius 2 is 0.877 bits per heavy atom. The van der Waals surface area contributed by atoms with Gasteiger partial charge in [-0.3, -0.25) is 0 Å². The normalized spacial score (nSPS) is 14.0. The van der Waals surface area contributed by atoms with Gasteiger partial charge < -0.3 is 0 Å². The van der Waals surface area contributed by atoms with E-state index < -0.39 is 0 Å². The predicted molar refractivity (Wildman–Crippen MR) is 281 cm³/mol. The van der Waals surface area contributed by atoms with Gasteiger partial charge in [-0.15, -0.1) is 0 Å². The third kappa shape index (κ3) is 5.38. The molecule has 0 bridgehead atoms. The number of hydrogen-bond donors (Lipinski definition) is 0. The fourth-order valence-corrected chi connectivity index (χ4v) is 12.0. The third-order valence-electron chi connectivity index (χ3n) is 15.4. The van der Waals surface area contributed by atoms with Gasteiger partial charge in [0.25, 0.3) is 0 Å². The molecule has 65 heavy (non-hydrogen) atoms. The van der Waals surface area contributed by atoms with Gasteiger partial charge in [0.05, 0.1) is 0 Å². The van der Waals surface area contributed by atoms with Crippen LogP contribution >= 0.6 is 0 Å². The van der Waals surface area contributed by atoms with Crippen molar-refractivity contribution in [3.63, 3.8) is 0 Å². The van der Waals surface area contributed by atoms with E-state index in [-0.39, 0.29) is 16.2 Å². The summed E-state index contributed by atoms with van der Waals surface area (Å²) in [5.41, 5.74) is 21.4. The Morgan fingerprint density at radius 3 is 1.55 bits per heavy atom. The highest BCUT2D eigenvalue weighted by Gasteiger charge is 2.39. The van der Waals surface area contributed by atoms with Crippen LogP contribution in [0.2, 0.25) is 0 Å². The predicted octanol–water partition coefficient (Wildman–Crippen LogP) is 18.4. The lowest BCUT2D eigenvalue weighted by atomic mass is 9.76. The summed E-state index contributed by atoms with van der Waals surface area (Å²) in [5.74, 6) is 0. The summed E-state index contributed by atoms with van der Waals surface area (Å²) in [4.78, 5) is 0. The molecule has 0 heteroatoms. The van der Waals surface area contributed by atoms with E-state index in [1.165, 1.54) is 143 Å². The van der Waals surface area contributed by atoms with Crippen molar-refractivity contribution in [2.75, 3.05) is 0 Å². The molecule has 0 atom stereocenters. The van der Waals surface area contributed by atoms with E-state index in [4.69, 9.17) is 0 Å². The lowest BCUT2D eigenvalue weighted by Crippen LogP contribution is -2.19. The van der Waals surface area contributed by atoms with Gasteiger partial charge in [0.15, 0.2) is 0 Å². The zero-order valence-corrected chi connectivity index (χ0v) is 38.7. The summed E-state index contributed by atoms with van der Waals surface area (Å²) in [7, 11) is 0. The van der Waals surface area contributed by atoms with Crippen molar-refractivity contribution in [1.82, 2.24) is 0 Å². The first kappa shape index (κ1) is 38.4. The first-order valence-electron chi connectivity index (χ1n) is 23.5. The van der Waals surface area contributed by atoms with E-state index in [1.807, 2.05) is 0 Å². The van der Waals surface area contributed by atoms with Gasteiger partial charge in [0.1, 0.15) is 0 Å². The quantitative estimate of drug-likeness (QED) is 0.123. The minimum absolute atomic E-state index is 0.0133. The van der Waals surface area contributed by atoms with E-state index >= 15 is 0 Å². The largest absolute Gasteiger partial charge is 0.0622 e. The Morgan fingerprint density at radius 1 is 0.308 bits per heavy atom. The molecule has 11 aromatic carbocycles. The van der Waals surface area contributed by atoms with E-state index in [2.05, 4.69) is 225 Å². The van der Waals surface area contributed by atoms with Crippen LogP contribution in [0.3, 0.4) is 0 Å². The van der Waals surface area contributed by atoms with Crippen molar-refractivity contribution < 1.29 is 0 Å². The first-order chi connectivity index (χ1) is 31.3. The standard InChI is InChI=1S/C65H52/c1-63(2,3)45-27-29-47-53(35-45)65(7,8)54-36-46(64(4,5)6)34-49(59(47)54)42-25-24-41-31-50-51(33-44(41)30-42)56(37-16-11-9-12-17-37)61-48-28-26-40-23-22-39-20-15-21-43-32-52(60(48)58(40)55(39)43)62(61)57(50)38-18-13-10-14-19-38/h9-36H,1-8H3. The molecular weight excluding hydrogens is 781 g/mol. The van der Waals surface area contributed by atoms with Gasteiger partial charge in [0, 0.05) is 5.41 Å². The molecule has 0 amide bonds. The molecule has 11 aromatic rings. The summed E-state index contributed by atoms with van der Waals surface area (Å²) < 4.78 is 0. The van der Waals surface area contributed by atoms with E-state index in [0.29, 0.717) is 0 Å². The summed E-state index contributed by atoms with van der Waals surface area (Å²) in [6.45, 7) is 18.9. The maximum atomic E-state index is 2.53. The van der Waals surface area contributed by atoms with Crippen LogP contribution < -0.4 is 0 Å². The molecule has 2 aliphatic rings. The van der Waals surface area contributed by atoms with Crippen LogP contribution in [0.5, 0.6) is 0 Å². The molecule has 0 radical (unpaired) electrons. The average Bonchev–Trinajstić information content (AvgIpc) is 3.74. The number of benzene rings is 11. The van der Waals surface area contributed by atoms with Gasteiger partial charge >= 0.3 is 0 Å². The zero-order valence-electron chi connectivity index (χ0n) is 38.7. The Bertz CT molecular complexity index is 3830. The lowest BCUT2D eigenvalue weighted by Gasteiger charge is -2.27. The second-order valence-electron chi connectivity index (χ2n) is 21.7. The van der Waals surface area contributed by atoms with Crippen LogP contribution in [0, 0.1) is 0 Å². The molecule has 0 fully saturated rings. The Labute approximate surface area is 382 Å². The lowest BCUT2D eigenvalue weighted by molar-refractivity contribution is 0.580. The summed E-state index contributed by atoms with van der Waals surface area (Å²) in [6.07, 6.45) is 0. The van der Waals surface area contributed by atoms with Crippen molar-refractivity contribution in [2.24, 2.45) is 0 Å². The minimum atomic E-state index is -0.128. The minimum Gasteiger partial charge on any atom is -0.0622 e. The summed E-state index contributed by atoms with van der Waals surface area (Å²) in [5, 5.41) is 13.1. The highest BCUT2D eigenvalue weighted by molar-refractivity contribution is 6.36. The van der Waals surface area contributed by atoms with Crippen LogP contribution in [0.15, 0.2) is 170 Å². The molecule has 2 aliphatic carbocycles. The fourth-order valence-electron chi connectivity index (χ4n) is 12.0. The molecule has 0 heterocycles. The maximum Gasteiger partial charge on any atom is 0.0159 e. The molecule has 0 saturated heterocycles. The van der Waals surface area contributed by atoms with Gasteiger partial charge in [-0.05, 0) is 184 Å². The number of hydrogen-bond acceptors (Lipinski definition) is 0. The Balaban J connectivity index is 1.14. The average molecular weight is 833 g/mol. The second kappa shape index (κ2) is 13.0. The van der Waals surface area contributed by atoms with E-state index in [1.54, 1.807) is 0 Å². The second-order valence-corrected chi connectivity index (χ2v) is 21.7. The number of rotatable bonds is 3. The van der Waals surface area contributed by atoms with Crippen molar-refractivity contribution >= 4 is 53.9 Å². The highest BCUT2D eigenvalue weighted by atomic mass is 14.4. The smallest absolute Gasteiger partial charge is 0.0159 e. The molecular formula is C65H52. The summed E-state index contributed by atoms with van der Waals surface area (Å²) >= 11 is 0. The number of fused-ring (bicyclic) bond motifs is 8. The topological polar surface area (TPSA) is 0 Å². The van der Waals surface area contributed by atoms with Crippen molar-refractivity contribution in [3.8, 4) is 66.8 Å². The van der Waals surface area contributed by atoms with E-state index in [0.717, 1.165) is 0 Å². The molecule has 13 rings (SSSR count). The molecule has 0 unspecified atom stereocenters.